The Kier molecular flexibility index (Phi) is 2.04. The standard InChI is InChI=1S/C9H8FN3O3/c1-11-7-3-5(10)6(13(15)16)4-8(7)12(2)9(11)14/h3-4H,1-2H3. The van der Waals surface area contributed by atoms with E-state index in [4.69, 9.17) is 0 Å². The highest BCUT2D eigenvalue weighted by Gasteiger charge is 2.18. The average Bonchev–Trinajstić information content (AvgIpc) is 2.43. The second-order valence-electron chi connectivity index (χ2n) is 3.45. The zero-order valence-electron chi connectivity index (χ0n) is 8.60. The van der Waals surface area contributed by atoms with E-state index < -0.39 is 16.4 Å². The van der Waals surface area contributed by atoms with Crippen LogP contribution in [0.25, 0.3) is 11.0 Å². The van der Waals surface area contributed by atoms with Crippen molar-refractivity contribution in [1.82, 2.24) is 9.13 Å². The number of nitro groups is 1. The predicted octanol–water partition coefficient (Wildman–Crippen LogP) is 0.924. The minimum absolute atomic E-state index is 0.329. The van der Waals surface area contributed by atoms with Crippen LogP contribution in [-0.4, -0.2) is 14.1 Å². The molecule has 0 N–H and O–H groups in total. The topological polar surface area (TPSA) is 70.1 Å². The number of hydrogen-bond acceptors (Lipinski definition) is 3. The Morgan fingerprint density at radius 1 is 1.25 bits per heavy atom. The maximum absolute atomic E-state index is 13.3. The van der Waals surface area contributed by atoms with E-state index in [1.54, 1.807) is 0 Å². The quantitative estimate of drug-likeness (QED) is 0.535. The summed E-state index contributed by atoms with van der Waals surface area (Å²) in [5.74, 6) is -0.946. The zero-order chi connectivity index (χ0) is 12.0. The molecular weight excluding hydrogens is 217 g/mol. The van der Waals surface area contributed by atoms with Crippen molar-refractivity contribution in [3.8, 4) is 0 Å². The Labute approximate surface area is 88.7 Å². The van der Waals surface area contributed by atoms with Crippen molar-refractivity contribution in [2.45, 2.75) is 0 Å². The number of aryl methyl sites for hydroxylation is 2. The summed E-state index contributed by atoms with van der Waals surface area (Å²) < 4.78 is 15.8. The Hall–Kier alpha value is -2.18. The molecule has 16 heavy (non-hydrogen) atoms. The number of benzene rings is 1. The molecule has 0 aliphatic heterocycles. The van der Waals surface area contributed by atoms with E-state index >= 15 is 0 Å². The molecule has 6 nitrogen and oxygen atoms in total. The molecule has 0 radical (unpaired) electrons. The van der Waals surface area contributed by atoms with Crippen LogP contribution in [0.2, 0.25) is 0 Å². The zero-order valence-corrected chi connectivity index (χ0v) is 8.60. The van der Waals surface area contributed by atoms with Gasteiger partial charge in [0.05, 0.1) is 16.0 Å². The summed E-state index contributed by atoms with van der Waals surface area (Å²) in [5, 5.41) is 10.5. The Morgan fingerprint density at radius 2 is 1.75 bits per heavy atom. The molecule has 0 fully saturated rings. The largest absolute Gasteiger partial charge is 0.328 e. The van der Waals surface area contributed by atoms with Crippen molar-refractivity contribution in [2.24, 2.45) is 14.1 Å². The molecule has 0 bridgehead atoms. The number of halogens is 1. The number of imidazole rings is 1. The fourth-order valence-electron chi connectivity index (χ4n) is 1.65. The average molecular weight is 225 g/mol. The number of nitrogens with zero attached hydrogens (tertiary/aromatic N) is 3. The predicted molar refractivity (Wildman–Crippen MR) is 54.8 cm³/mol. The van der Waals surface area contributed by atoms with Crippen LogP contribution in [0.1, 0.15) is 0 Å². The number of hydrogen-bond donors (Lipinski definition) is 0. The van der Waals surface area contributed by atoms with E-state index in [-0.39, 0.29) is 5.69 Å². The van der Waals surface area contributed by atoms with E-state index in [0.29, 0.717) is 11.0 Å². The van der Waals surface area contributed by atoms with Crippen molar-refractivity contribution in [3.05, 3.63) is 38.5 Å². The second kappa shape index (κ2) is 3.16. The molecule has 7 heteroatoms. The minimum Gasteiger partial charge on any atom is -0.295 e. The van der Waals surface area contributed by atoms with Crippen LogP contribution < -0.4 is 5.69 Å². The molecule has 0 amide bonds. The van der Waals surface area contributed by atoms with Gasteiger partial charge in [0.1, 0.15) is 0 Å². The first-order valence-electron chi connectivity index (χ1n) is 4.43. The lowest BCUT2D eigenvalue weighted by Gasteiger charge is -1.97. The molecule has 1 heterocycles. The number of fused-ring (bicyclic) bond motifs is 1. The van der Waals surface area contributed by atoms with Crippen molar-refractivity contribution in [1.29, 1.82) is 0 Å². The lowest BCUT2D eigenvalue weighted by Crippen LogP contribution is -2.19. The van der Waals surface area contributed by atoms with Gasteiger partial charge >= 0.3 is 11.4 Å². The van der Waals surface area contributed by atoms with E-state index in [1.807, 2.05) is 0 Å². The van der Waals surface area contributed by atoms with Gasteiger partial charge in [-0.3, -0.25) is 19.2 Å². The summed E-state index contributed by atoms with van der Waals surface area (Å²) in [6.45, 7) is 0. The highest BCUT2D eigenvalue weighted by Crippen LogP contribution is 2.23. The Morgan fingerprint density at radius 3 is 2.25 bits per heavy atom. The number of aromatic nitrogens is 2. The summed E-state index contributed by atoms with van der Waals surface area (Å²) in [5.41, 5.74) is -0.320. The van der Waals surface area contributed by atoms with Gasteiger partial charge in [0, 0.05) is 26.2 Å². The third kappa shape index (κ3) is 1.21. The maximum Gasteiger partial charge on any atom is 0.328 e. The van der Waals surface area contributed by atoms with Gasteiger partial charge in [-0.25, -0.2) is 4.79 Å². The fourth-order valence-corrected chi connectivity index (χ4v) is 1.65. The molecule has 0 spiro atoms. The van der Waals surface area contributed by atoms with Crippen molar-refractivity contribution >= 4 is 16.7 Å². The molecule has 0 aliphatic rings. The molecule has 0 unspecified atom stereocenters. The number of rotatable bonds is 1. The molecule has 1 aromatic carbocycles. The summed E-state index contributed by atoms with van der Waals surface area (Å²) in [4.78, 5) is 21.2. The summed E-state index contributed by atoms with van der Waals surface area (Å²) >= 11 is 0. The van der Waals surface area contributed by atoms with E-state index in [0.717, 1.165) is 12.1 Å². The van der Waals surface area contributed by atoms with Crippen molar-refractivity contribution in [2.75, 3.05) is 0 Å². The van der Waals surface area contributed by atoms with Gasteiger partial charge in [-0.2, -0.15) is 4.39 Å². The maximum atomic E-state index is 13.3. The Bertz CT molecular complexity index is 656. The van der Waals surface area contributed by atoms with Gasteiger partial charge < -0.3 is 0 Å². The molecule has 2 aromatic rings. The lowest BCUT2D eigenvalue weighted by molar-refractivity contribution is -0.387. The van der Waals surface area contributed by atoms with Crippen LogP contribution in [0.5, 0.6) is 0 Å². The highest BCUT2D eigenvalue weighted by atomic mass is 19.1. The van der Waals surface area contributed by atoms with Crippen LogP contribution in [0.4, 0.5) is 10.1 Å². The monoisotopic (exact) mass is 225 g/mol. The van der Waals surface area contributed by atoms with Crippen LogP contribution in [-0.2, 0) is 14.1 Å². The van der Waals surface area contributed by atoms with Gasteiger partial charge in [-0.15, -0.1) is 0 Å². The molecular formula is C9H8FN3O3. The third-order valence-corrected chi connectivity index (χ3v) is 2.54. The van der Waals surface area contributed by atoms with Gasteiger partial charge in [-0.1, -0.05) is 0 Å². The van der Waals surface area contributed by atoms with E-state index in [1.165, 1.54) is 23.2 Å². The molecule has 2 rings (SSSR count). The van der Waals surface area contributed by atoms with Crippen molar-refractivity contribution in [3.63, 3.8) is 0 Å². The first-order valence-corrected chi connectivity index (χ1v) is 4.43. The summed E-state index contributed by atoms with van der Waals surface area (Å²) in [6.07, 6.45) is 0. The van der Waals surface area contributed by atoms with E-state index in [2.05, 4.69) is 0 Å². The molecule has 84 valence electrons. The van der Waals surface area contributed by atoms with Crippen LogP contribution in [0, 0.1) is 15.9 Å². The molecule has 0 atom stereocenters. The number of nitro benzene ring substituents is 1. The highest BCUT2D eigenvalue weighted by molar-refractivity contribution is 5.79. The third-order valence-electron chi connectivity index (χ3n) is 2.54. The van der Waals surface area contributed by atoms with Gasteiger partial charge in [0.2, 0.25) is 5.82 Å². The van der Waals surface area contributed by atoms with Crippen LogP contribution >= 0.6 is 0 Å². The molecule has 0 saturated heterocycles. The van der Waals surface area contributed by atoms with Gasteiger partial charge in [0.25, 0.3) is 0 Å². The minimum atomic E-state index is -0.946. The van der Waals surface area contributed by atoms with Crippen molar-refractivity contribution < 1.29 is 9.31 Å². The van der Waals surface area contributed by atoms with Crippen LogP contribution in [0.3, 0.4) is 0 Å². The molecule has 1 aromatic heterocycles. The summed E-state index contributed by atoms with van der Waals surface area (Å²) in [7, 11) is 2.96. The molecule has 0 saturated carbocycles. The lowest BCUT2D eigenvalue weighted by atomic mass is 10.2. The first-order chi connectivity index (χ1) is 7.43. The van der Waals surface area contributed by atoms with Gasteiger partial charge in [-0.05, 0) is 0 Å². The summed E-state index contributed by atoms with van der Waals surface area (Å²) in [6, 6.07) is 2.06. The fraction of sp³-hybridized carbons (Fsp3) is 0.222. The Balaban J connectivity index is 2.96. The molecule has 0 aliphatic carbocycles. The normalized spacial score (nSPS) is 10.9. The van der Waals surface area contributed by atoms with E-state index in [9.17, 15) is 19.3 Å². The van der Waals surface area contributed by atoms with Crippen LogP contribution in [0.15, 0.2) is 16.9 Å². The second-order valence-corrected chi connectivity index (χ2v) is 3.45. The SMILES string of the molecule is Cn1c(=O)n(C)c2cc([N+](=O)[O-])c(F)cc21. The smallest absolute Gasteiger partial charge is 0.295 e. The van der Waals surface area contributed by atoms with Gasteiger partial charge in [0.15, 0.2) is 0 Å². The first kappa shape index (κ1) is 10.3.